The summed E-state index contributed by atoms with van der Waals surface area (Å²) < 4.78 is 5.56. The molecule has 1 fully saturated rings. The van der Waals surface area contributed by atoms with Gasteiger partial charge in [-0.25, -0.2) is 0 Å². The maximum atomic E-state index is 12.7. The second kappa shape index (κ2) is 6.04. The van der Waals surface area contributed by atoms with Gasteiger partial charge >= 0.3 is 0 Å². The molecule has 1 aromatic carbocycles. The van der Waals surface area contributed by atoms with Crippen LogP contribution >= 0.6 is 0 Å². The average molecular weight is 314 g/mol. The van der Waals surface area contributed by atoms with Crippen LogP contribution in [-0.4, -0.2) is 34.3 Å². The van der Waals surface area contributed by atoms with E-state index < -0.39 is 11.1 Å². The van der Waals surface area contributed by atoms with Gasteiger partial charge in [-0.15, -0.1) is 0 Å². The molecule has 0 aliphatic carbocycles. The number of amides is 1. The van der Waals surface area contributed by atoms with E-state index in [-0.39, 0.29) is 18.3 Å². The van der Waals surface area contributed by atoms with Gasteiger partial charge < -0.3 is 9.64 Å². The monoisotopic (exact) mass is 314 g/mol. The molecule has 0 unspecified atom stereocenters. The third-order valence-electron chi connectivity index (χ3n) is 4.08. The summed E-state index contributed by atoms with van der Waals surface area (Å²) in [5.74, 6) is 0.382. The number of nitriles is 1. The Morgan fingerprint density at radius 1 is 1.22 bits per heavy atom. The lowest BCUT2D eigenvalue weighted by Crippen LogP contribution is -2.64. The maximum Gasteiger partial charge on any atom is 0.261 e. The molecule has 5 nitrogen and oxygen atoms in total. The molecule has 1 aliphatic heterocycles. The van der Waals surface area contributed by atoms with Crippen molar-refractivity contribution in [2.45, 2.75) is 51.6 Å². The van der Waals surface area contributed by atoms with E-state index in [1.807, 2.05) is 33.8 Å². The summed E-state index contributed by atoms with van der Waals surface area (Å²) in [5, 5.41) is 9.06. The third-order valence-corrected chi connectivity index (χ3v) is 4.08. The maximum absolute atomic E-state index is 12.7. The molecule has 0 aromatic heterocycles. The van der Waals surface area contributed by atoms with E-state index in [0.29, 0.717) is 24.2 Å². The second-order valence-electron chi connectivity index (χ2n) is 7.14. The van der Waals surface area contributed by atoms with Crippen molar-refractivity contribution in [3.05, 3.63) is 29.8 Å². The second-order valence-corrected chi connectivity index (χ2v) is 7.14. The predicted molar refractivity (Wildman–Crippen MR) is 85.9 cm³/mol. The summed E-state index contributed by atoms with van der Waals surface area (Å²) in [6, 6.07) is 8.86. The van der Waals surface area contributed by atoms with Crippen molar-refractivity contribution in [3.8, 4) is 11.8 Å². The fraction of sp³-hybridized carbons (Fsp3) is 0.500. The van der Waals surface area contributed by atoms with E-state index in [1.165, 1.54) is 0 Å². The number of para-hydroxylation sites is 1. The molecule has 0 saturated carbocycles. The summed E-state index contributed by atoms with van der Waals surface area (Å²) in [4.78, 5) is 26.4. The van der Waals surface area contributed by atoms with Gasteiger partial charge in [0.25, 0.3) is 5.91 Å². The Balaban J connectivity index is 2.16. The summed E-state index contributed by atoms with van der Waals surface area (Å²) in [6.45, 7) is 7.43. The van der Waals surface area contributed by atoms with Gasteiger partial charge in [0, 0.05) is 23.9 Å². The zero-order valence-corrected chi connectivity index (χ0v) is 14.0. The highest BCUT2D eigenvalue weighted by molar-refractivity contribution is 5.87. The summed E-state index contributed by atoms with van der Waals surface area (Å²) >= 11 is 0. The van der Waals surface area contributed by atoms with Gasteiger partial charge in [0.05, 0.1) is 5.56 Å². The van der Waals surface area contributed by atoms with Gasteiger partial charge in [0.15, 0.2) is 6.61 Å². The van der Waals surface area contributed by atoms with Crippen LogP contribution in [0.3, 0.4) is 0 Å². The standard InChI is InChI=1S/C18H22N2O3/c1-17(2)9-14(21)10-18(3,4)20(17)16(22)12-23-15-8-6-5-7-13(15)11-19/h5-8H,9-10,12H2,1-4H3. The van der Waals surface area contributed by atoms with Gasteiger partial charge in [0.1, 0.15) is 17.6 Å². The largest absolute Gasteiger partial charge is 0.482 e. The smallest absolute Gasteiger partial charge is 0.261 e. The molecular weight excluding hydrogens is 292 g/mol. The minimum atomic E-state index is -0.548. The third kappa shape index (κ3) is 3.53. The van der Waals surface area contributed by atoms with Crippen molar-refractivity contribution in [1.29, 1.82) is 5.26 Å². The van der Waals surface area contributed by atoms with Crippen LogP contribution < -0.4 is 4.74 Å². The van der Waals surface area contributed by atoms with Crippen LogP contribution in [0.1, 0.15) is 46.1 Å². The van der Waals surface area contributed by atoms with E-state index in [9.17, 15) is 9.59 Å². The molecule has 1 amide bonds. The SMILES string of the molecule is CC1(C)CC(=O)CC(C)(C)N1C(=O)COc1ccccc1C#N. The molecule has 122 valence electrons. The fourth-order valence-electron chi connectivity index (χ4n) is 3.57. The zero-order valence-electron chi connectivity index (χ0n) is 14.0. The lowest BCUT2D eigenvalue weighted by Gasteiger charge is -2.52. The van der Waals surface area contributed by atoms with Crippen LogP contribution in [0.2, 0.25) is 0 Å². The lowest BCUT2D eigenvalue weighted by molar-refractivity contribution is -0.155. The fourth-order valence-corrected chi connectivity index (χ4v) is 3.57. The summed E-state index contributed by atoms with van der Waals surface area (Å²) in [6.07, 6.45) is 0.688. The van der Waals surface area contributed by atoms with Crippen LogP contribution in [0.4, 0.5) is 0 Å². The van der Waals surface area contributed by atoms with Gasteiger partial charge in [0.2, 0.25) is 0 Å². The molecule has 1 heterocycles. The molecule has 1 aromatic rings. The van der Waals surface area contributed by atoms with E-state index >= 15 is 0 Å². The minimum absolute atomic E-state index is 0.153. The highest BCUT2D eigenvalue weighted by Gasteiger charge is 2.47. The Labute approximate surface area is 136 Å². The number of ketones is 1. The zero-order chi connectivity index (χ0) is 17.3. The van der Waals surface area contributed by atoms with E-state index in [4.69, 9.17) is 10.00 Å². The van der Waals surface area contributed by atoms with Crippen molar-refractivity contribution in [2.75, 3.05) is 6.61 Å². The highest BCUT2D eigenvalue weighted by atomic mass is 16.5. The summed E-state index contributed by atoms with van der Waals surface area (Å²) in [5.41, 5.74) is -0.699. The number of piperidine rings is 1. The number of likely N-dealkylation sites (tertiary alicyclic amines) is 1. The van der Waals surface area contributed by atoms with Crippen LogP contribution in [0, 0.1) is 11.3 Å². The highest BCUT2D eigenvalue weighted by Crippen LogP contribution is 2.36. The first-order chi connectivity index (χ1) is 10.7. The molecule has 0 radical (unpaired) electrons. The van der Waals surface area contributed by atoms with Gasteiger partial charge in [-0.1, -0.05) is 12.1 Å². The number of carbonyl (C=O) groups excluding carboxylic acids is 2. The van der Waals surface area contributed by atoms with Gasteiger partial charge in [-0.2, -0.15) is 5.26 Å². The van der Waals surface area contributed by atoms with Crippen LogP contribution in [0.25, 0.3) is 0 Å². The topological polar surface area (TPSA) is 70.4 Å². The van der Waals surface area contributed by atoms with E-state index in [2.05, 4.69) is 0 Å². The van der Waals surface area contributed by atoms with E-state index in [0.717, 1.165) is 0 Å². The van der Waals surface area contributed by atoms with E-state index in [1.54, 1.807) is 29.2 Å². The van der Waals surface area contributed by atoms with Crippen molar-refractivity contribution < 1.29 is 14.3 Å². The normalized spacial score (nSPS) is 19.1. The van der Waals surface area contributed by atoms with Gasteiger partial charge in [-0.05, 0) is 39.8 Å². The molecule has 5 heteroatoms. The Bertz CT molecular complexity index is 651. The molecule has 23 heavy (non-hydrogen) atoms. The van der Waals surface area contributed by atoms with Crippen molar-refractivity contribution in [1.82, 2.24) is 4.90 Å². The number of carbonyl (C=O) groups is 2. The van der Waals surface area contributed by atoms with Crippen molar-refractivity contribution >= 4 is 11.7 Å². The van der Waals surface area contributed by atoms with Crippen LogP contribution in [0.5, 0.6) is 5.75 Å². The molecule has 0 atom stereocenters. The number of nitrogens with zero attached hydrogens (tertiary/aromatic N) is 2. The first kappa shape index (κ1) is 17.0. The first-order valence-electron chi connectivity index (χ1n) is 7.64. The Kier molecular flexibility index (Phi) is 4.46. The quantitative estimate of drug-likeness (QED) is 0.860. The number of ether oxygens (including phenoxy) is 1. The molecule has 0 N–H and O–H groups in total. The summed E-state index contributed by atoms with van der Waals surface area (Å²) in [7, 11) is 0. The van der Waals surface area contributed by atoms with Crippen molar-refractivity contribution in [2.24, 2.45) is 0 Å². The lowest BCUT2D eigenvalue weighted by atomic mass is 9.79. The Morgan fingerprint density at radius 3 is 2.35 bits per heavy atom. The van der Waals surface area contributed by atoms with Crippen molar-refractivity contribution in [3.63, 3.8) is 0 Å². The predicted octanol–water partition coefficient (Wildman–Crippen LogP) is 2.69. The Morgan fingerprint density at radius 2 is 1.78 bits per heavy atom. The Hall–Kier alpha value is -2.35. The van der Waals surface area contributed by atoms with Crippen LogP contribution in [0.15, 0.2) is 24.3 Å². The van der Waals surface area contributed by atoms with Crippen LogP contribution in [-0.2, 0) is 9.59 Å². The number of hydrogen-bond donors (Lipinski definition) is 0. The number of Topliss-reactive ketones (excluding diaryl/α,β-unsaturated/α-hetero) is 1. The van der Waals surface area contributed by atoms with Gasteiger partial charge in [-0.3, -0.25) is 9.59 Å². The average Bonchev–Trinajstić information content (AvgIpc) is 2.42. The molecular formula is C18H22N2O3. The number of hydrogen-bond acceptors (Lipinski definition) is 4. The number of rotatable bonds is 3. The molecule has 1 aliphatic rings. The first-order valence-corrected chi connectivity index (χ1v) is 7.64. The molecule has 2 rings (SSSR count). The number of benzene rings is 1. The minimum Gasteiger partial charge on any atom is -0.482 e. The molecule has 1 saturated heterocycles. The molecule has 0 bridgehead atoms. The molecule has 0 spiro atoms.